The molecule has 1 rings (SSSR count). The lowest BCUT2D eigenvalue weighted by Gasteiger charge is -2.34. The fourth-order valence-electron chi connectivity index (χ4n) is 1.77. The average Bonchev–Trinajstić information content (AvgIpc) is 2.24. The van der Waals surface area contributed by atoms with Gasteiger partial charge in [0.05, 0.1) is 19.3 Å². The van der Waals surface area contributed by atoms with Crippen LogP contribution in [-0.4, -0.2) is 55.0 Å². The van der Waals surface area contributed by atoms with Gasteiger partial charge >= 0.3 is 6.09 Å². The molecule has 0 spiro atoms. The van der Waals surface area contributed by atoms with Crippen molar-refractivity contribution in [2.75, 3.05) is 26.2 Å². The summed E-state index contributed by atoms with van der Waals surface area (Å²) in [5, 5.41) is 3.26. The normalized spacial score (nSPS) is 20.9. The molecular weight excluding hydrogens is 232 g/mol. The van der Waals surface area contributed by atoms with E-state index in [1.807, 2.05) is 34.6 Å². The van der Waals surface area contributed by atoms with E-state index in [4.69, 9.17) is 9.47 Å². The van der Waals surface area contributed by atoms with Crippen molar-refractivity contribution < 1.29 is 14.3 Å². The smallest absolute Gasteiger partial charge is 0.410 e. The van der Waals surface area contributed by atoms with Crippen LogP contribution in [0.1, 0.15) is 34.6 Å². The Morgan fingerprint density at radius 1 is 1.50 bits per heavy atom. The molecular formula is C13H26N2O3. The molecule has 18 heavy (non-hydrogen) atoms. The maximum Gasteiger partial charge on any atom is 0.410 e. The minimum absolute atomic E-state index is 0.0497. The molecule has 1 fully saturated rings. The molecule has 0 aromatic heterocycles. The van der Waals surface area contributed by atoms with Crippen molar-refractivity contribution in [3.63, 3.8) is 0 Å². The van der Waals surface area contributed by atoms with Crippen molar-refractivity contribution in [3.05, 3.63) is 0 Å². The van der Waals surface area contributed by atoms with Gasteiger partial charge in [-0.15, -0.1) is 0 Å². The lowest BCUT2D eigenvalue weighted by atomic mass is 10.2. The lowest BCUT2D eigenvalue weighted by molar-refractivity contribution is -0.0187. The molecule has 1 atom stereocenters. The van der Waals surface area contributed by atoms with Gasteiger partial charge in [-0.25, -0.2) is 4.79 Å². The van der Waals surface area contributed by atoms with Crippen LogP contribution in [0.4, 0.5) is 4.79 Å². The number of carbonyl (C=O) groups is 1. The molecule has 1 amide bonds. The summed E-state index contributed by atoms with van der Waals surface area (Å²) in [5.74, 6) is 0. The Kier molecular flexibility index (Phi) is 5.41. The number of carbonyl (C=O) groups excluding carboxylic acids is 1. The molecule has 1 aliphatic rings. The fraction of sp³-hybridized carbons (Fsp3) is 0.923. The summed E-state index contributed by atoms with van der Waals surface area (Å²) in [7, 11) is 0. The number of hydrogen-bond donors (Lipinski definition) is 1. The van der Waals surface area contributed by atoms with Crippen molar-refractivity contribution in [1.82, 2.24) is 10.2 Å². The first-order valence-corrected chi connectivity index (χ1v) is 6.61. The number of nitrogens with one attached hydrogen (secondary N) is 1. The number of ether oxygens (including phenoxy) is 2. The van der Waals surface area contributed by atoms with E-state index in [1.54, 1.807) is 4.90 Å². The van der Waals surface area contributed by atoms with E-state index >= 15 is 0 Å². The minimum Gasteiger partial charge on any atom is -0.444 e. The maximum atomic E-state index is 12.1. The zero-order chi connectivity index (χ0) is 13.8. The Hall–Kier alpha value is -0.810. The van der Waals surface area contributed by atoms with E-state index in [9.17, 15) is 4.79 Å². The van der Waals surface area contributed by atoms with Crippen molar-refractivity contribution in [1.29, 1.82) is 0 Å². The van der Waals surface area contributed by atoms with Crippen molar-refractivity contribution in [2.45, 2.75) is 52.4 Å². The highest BCUT2D eigenvalue weighted by Crippen LogP contribution is 2.13. The Morgan fingerprint density at radius 2 is 2.17 bits per heavy atom. The quantitative estimate of drug-likeness (QED) is 0.836. The van der Waals surface area contributed by atoms with Crippen LogP contribution >= 0.6 is 0 Å². The summed E-state index contributed by atoms with van der Waals surface area (Å²) in [6.45, 7) is 12.5. The van der Waals surface area contributed by atoms with Crippen LogP contribution in [0.2, 0.25) is 0 Å². The average molecular weight is 258 g/mol. The first kappa shape index (κ1) is 15.2. The molecule has 0 radical (unpaired) electrons. The van der Waals surface area contributed by atoms with E-state index in [0.29, 0.717) is 13.2 Å². The molecule has 106 valence electrons. The van der Waals surface area contributed by atoms with Crippen LogP contribution in [0.15, 0.2) is 0 Å². The van der Waals surface area contributed by atoms with Crippen LogP contribution in [0.3, 0.4) is 0 Å². The second-order valence-corrected chi connectivity index (χ2v) is 5.92. The van der Waals surface area contributed by atoms with E-state index in [1.165, 1.54) is 0 Å². The third-order valence-corrected chi connectivity index (χ3v) is 2.66. The van der Waals surface area contributed by atoms with Gasteiger partial charge in [0.2, 0.25) is 0 Å². The Morgan fingerprint density at radius 3 is 2.61 bits per heavy atom. The summed E-state index contributed by atoms with van der Waals surface area (Å²) in [6, 6.07) is 0.102. The maximum absolute atomic E-state index is 12.1. The lowest BCUT2D eigenvalue weighted by Crippen LogP contribution is -2.50. The molecule has 0 aliphatic carbocycles. The van der Waals surface area contributed by atoms with Crippen LogP contribution in [0.25, 0.3) is 0 Å². The number of amides is 1. The highest BCUT2D eigenvalue weighted by Gasteiger charge is 2.27. The molecule has 0 aromatic rings. The summed E-state index contributed by atoms with van der Waals surface area (Å²) >= 11 is 0. The van der Waals surface area contributed by atoms with Gasteiger partial charge in [-0.05, 0) is 34.6 Å². The van der Waals surface area contributed by atoms with E-state index in [0.717, 1.165) is 13.1 Å². The minimum atomic E-state index is -0.462. The van der Waals surface area contributed by atoms with Gasteiger partial charge in [-0.3, -0.25) is 0 Å². The zero-order valence-corrected chi connectivity index (χ0v) is 12.2. The van der Waals surface area contributed by atoms with Crippen LogP contribution < -0.4 is 5.32 Å². The second-order valence-electron chi connectivity index (χ2n) is 5.92. The van der Waals surface area contributed by atoms with Gasteiger partial charge in [0.15, 0.2) is 0 Å². The molecule has 1 N–H and O–H groups in total. The molecule has 5 heteroatoms. The van der Waals surface area contributed by atoms with Gasteiger partial charge in [0, 0.05) is 19.1 Å². The third-order valence-electron chi connectivity index (χ3n) is 2.66. The molecule has 1 saturated heterocycles. The van der Waals surface area contributed by atoms with Gasteiger partial charge in [0.25, 0.3) is 0 Å². The molecule has 0 saturated carbocycles. The van der Waals surface area contributed by atoms with Crippen LogP contribution in [-0.2, 0) is 9.47 Å². The Balaban J connectivity index is 2.55. The van der Waals surface area contributed by atoms with Crippen molar-refractivity contribution >= 4 is 6.09 Å². The number of morpholine rings is 1. The van der Waals surface area contributed by atoms with Crippen molar-refractivity contribution in [3.8, 4) is 0 Å². The first-order valence-electron chi connectivity index (χ1n) is 6.61. The Labute approximate surface area is 110 Å². The molecule has 0 aromatic carbocycles. The third kappa shape index (κ3) is 5.23. The predicted molar refractivity (Wildman–Crippen MR) is 70.7 cm³/mol. The van der Waals surface area contributed by atoms with E-state index in [2.05, 4.69) is 5.32 Å². The summed E-state index contributed by atoms with van der Waals surface area (Å²) in [6.07, 6.45) is -0.222. The zero-order valence-electron chi connectivity index (χ0n) is 12.2. The number of rotatable bonds is 3. The van der Waals surface area contributed by atoms with Gasteiger partial charge < -0.3 is 19.7 Å². The standard InChI is InChI=1S/C13H26N2O3/c1-10(2)15(12(16)18-13(3,4)5)9-11-8-14-6-7-17-11/h10-11,14H,6-9H2,1-5H3. The largest absolute Gasteiger partial charge is 0.444 e. The number of hydrogen-bond acceptors (Lipinski definition) is 4. The highest BCUT2D eigenvalue weighted by atomic mass is 16.6. The summed E-state index contributed by atoms with van der Waals surface area (Å²) < 4.78 is 11.0. The predicted octanol–water partition coefficient (Wildman–Crippen LogP) is 1.62. The highest BCUT2D eigenvalue weighted by molar-refractivity contribution is 5.68. The monoisotopic (exact) mass is 258 g/mol. The van der Waals surface area contributed by atoms with Gasteiger partial charge in [-0.1, -0.05) is 0 Å². The number of nitrogens with zero attached hydrogens (tertiary/aromatic N) is 1. The van der Waals surface area contributed by atoms with E-state index < -0.39 is 5.60 Å². The Bertz CT molecular complexity index is 268. The van der Waals surface area contributed by atoms with Crippen molar-refractivity contribution in [2.24, 2.45) is 0 Å². The fourth-order valence-corrected chi connectivity index (χ4v) is 1.77. The van der Waals surface area contributed by atoms with Gasteiger partial charge in [0.1, 0.15) is 5.60 Å². The first-order chi connectivity index (χ1) is 8.29. The summed E-state index contributed by atoms with van der Waals surface area (Å²) in [4.78, 5) is 13.8. The molecule has 1 unspecified atom stereocenters. The molecule has 0 bridgehead atoms. The van der Waals surface area contributed by atoms with Crippen LogP contribution in [0, 0.1) is 0 Å². The molecule has 5 nitrogen and oxygen atoms in total. The summed E-state index contributed by atoms with van der Waals surface area (Å²) in [5.41, 5.74) is -0.462. The van der Waals surface area contributed by atoms with Gasteiger partial charge in [-0.2, -0.15) is 0 Å². The second kappa shape index (κ2) is 6.38. The van der Waals surface area contributed by atoms with Crippen LogP contribution in [0.5, 0.6) is 0 Å². The molecule has 1 heterocycles. The molecule has 1 aliphatic heterocycles. The topological polar surface area (TPSA) is 50.8 Å². The van der Waals surface area contributed by atoms with E-state index in [-0.39, 0.29) is 18.2 Å². The SMILES string of the molecule is CC(C)N(CC1CNCCO1)C(=O)OC(C)(C)C.